The second-order valence-electron chi connectivity index (χ2n) is 4.80. The number of nitrogens with zero attached hydrogens (tertiary/aromatic N) is 1. The van der Waals surface area contributed by atoms with Crippen LogP contribution in [0.5, 0.6) is 0 Å². The van der Waals surface area contributed by atoms with Gasteiger partial charge in [-0.05, 0) is 19.1 Å². The van der Waals surface area contributed by atoms with Crippen molar-refractivity contribution in [1.82, 2.24) is 10.2 Å². The van der Waals surface area contributed by atoms with Crippen molar-refractivity contribution in [1.29, 1.82) is 0 Å². The zero-order valence-electron chi connectivity index (χ0n) is 11.6. The molecule has 0 aromatic heterocycles. The Morgan fingerprint density at radius 1 is 1.21 bits per heavy atom. The Morgan fingerprint density at radius 3 is 2.68 bits per heavy atom. The monoisotopic (exact) mass is 258 g/mol. The summed E-state index contributed by atoms with van der Waals surface area (Å²) in [6, 6.07) is 8.32. The SMILES string of the molecule is Cc1ccc(C#CCNCCN2CCOCC2)cc1. The van der Waals surface area contributed by atoms with Crippen molar-refractivity contribution in [2.24, 2.45) is 0 Å². The highest BCUT2D eigenvalue weighted by atomic mass is 16.5. The predicted molar refractivity (Wildman–Crippen MR) is 78.2 cm³/mol. The van der Waals surface area contributed by atoms with E-state index in [-0.39, 0.29) is 0 Å². The molecule has 1 fully saturated rings. The predicted octanol–water partition coefficient (Wildman–Crippen LogP) is 1.27. The third-order valence-electron chi connectivity index (χ3n) is 3.21. The van der Waals surface area contributed by atoms with Crippen LogP contribution < -0.4 is 5.32 Å². The molecule has 1 heterocycles. The van der Waals surface area contributed by atoms with Crippen LogP contribution in [0, 0.1) is 18.8 Å². The molecule has 0 spiro atoms. The molecular formula is C16H22N2O. The minimum atomic E-state index is 0.748. The normalized spacial score (nSPS) is 15.8. The Bertz CT molecular complexity index is 424. The first-order chi connectivity index (χ1) is 9.34. The summed E-state index contributed by atoms with van der Waals surface area (Å²) in [5.74, 6) is 6.32. The quantitative estimate of drug-likeness (QED) is 0.650. The number of rotatable bonds is 4. The number of ether oxygens (including phenoxy) is 1. The molecule has 0 saturated carbocycles. The molecule has 19 heavy (non-hydrogen) atoms. The first-order valence-electron chi connectivity index (χ1n) is 6.91. The summed E-state index contributed by atoms with van der Waals surface area (Å²) in [7, 11) is 0. The number of aryl methyl sites for hydroxylation is 1. The lowest BCUT2D eigenvalue weighted by Gasteiger charge is -2.26. The van der Waals surface area contributed by atoms with Crippen LogP contribution in [0.15, 0.2) is 24.3 Å². The van der Waals surface area contributed by atoms with E-state index in [2.05, 4.69) is 53.2 Å². The summed E-state index contributed by atoms with van der Waals surface area (Å²) in [4.78, 5) is 2.42. The average Bonchev–Trinajstić information content (AvgIpc) is 2.46. The molecule has 1 aromatic rings. The molecule has 0 unspecified atom stereocenters. The van der Waals surface area contributed by atoms with Crippen molar-refractivity contribution in [3.8, 4) is 11.8 Å². The standard InChI is InChI=1S/C16H22N2O/c1-15-4-6-16(7-5-15)3-2-8-17-9-10-18-11-13-19-14-12-18/h4-7,17H,8-14H2,1H3. The summed E-state index contributed by atoms with van der Waals surface area (Å²) >= 11 is 0. The van der Waals surface area contributed by atoms with Crippen LogP contribution in [0.2, 0.25) is 0 Å². The fourth-order valence-electron chi connectivity index (χ4n) is 2.00. The van der Waals surface area contributed by atoms with Gasteiger partial charge in [0.15, 0.2) is 0 Å². The summed E-state index contributed by atoms with van der Waals surface area (Å²) in [5.41, 5.74) is 2.36. The van der Waals surface area contributed by atoms with Crippen LogP contribution in [0.3, 0.4) is 0 Å². The minimum absolute atomic E-state index is 0.748. The van der Waals surface area contributed by atoms with Gasteiger partial charge in [0.2, 0.25) is 0 Å². The Hall–Kier alpha value is -1.34. The van der Waals surface area contributed by atoms with Gasteiger partial charge in [0, 0.05) is 31.7 Å². The average molecular weight is 258 g/mol. The maximum atomic E-state index is 5.32. The van der Waals surface area contributed by atoms with Gasteiger partial charge in [-0.2, -0.15) is 0 Å². The largest absolute Gasteiger partial charge is 0.379 e. The van der Waals surface area contributed by atoms with Gasteiger partial charge in [0.1, 0.15) is 0 Å². The van der Waals surface area contributed by atoms with E-state index in [0.29, 0.717) is 0 Å². The second-order valence-corrected chi connectivity index (χ2v) is 4.80. The number of nitrogens with one attached hydrogen (secondary N) is 1. The van der Waals surface area contributed by atoms with E-state index < -0.39 is 0 Å². The van der Waals surface area contributed by atoms with Gasteiger partial charge in [-0.25, -0.2) is 0 Å². The van der Waals surface area contributed by atoms with Gasteiger partial charge in [-0.1, -0.05) is 29.5 Å². The summed E-state index contributed by atoms with van der Waals surface area (Å²) in [6.07, 6.45) is 0. The molecule has 2 rings (SSSR count). The molecule has 1 aliphatic rings. The van der Waals surface area contributed by atoms with Crippen molar-refractivity contribution < 1.29 is 4.74 Å². The van der Waals surface area contributed by atoms with E-state index in [1.54, 1.807) is 0 Å². The number of hydrogen-bond acceptors (Lipinski definition) is 3. The lowest BCUT2D eigenvalue weighted by molar-refractivity contribution is 0.0385. The second kappa shape index (κ2) is 7.96. The molecule has 0 amide bonds. The van der Waals surface area contributed by atoms with Crippen LogP contribution in [0.1, 0.15) is 11.1 Å². The van der Waals surface area contributed by atoms with Crippen molar-refractivity contribution in [3.05, 3.63) is 35.4 Å². The van der Waals surface area contributed by atoms with Crippen molar-refractivity contribution >= 4 is 0 Å². The summed E-state index contributed by atoms with van der Waals surface area (Å²) in [6.45, 7) is 8.74. The molecule has 1 saturated heterocycles. The maximum absolute atomic E-state index is 5.32. The van der Waals surface area contributed by atoms with E-state index in [0.717, 1.165) is 51.5 Å². The molecule has 3 heteroatoms. The van der Waals surface area contributed by atoms with Gasteiger partial charge in [-0.15, -0.1) is 0 Å². The zero-order valence-corrected chi connectivity index (χ0v) is 11.6. The lowest BCUT2D eigenvalue weighted by atomic mass is 10.2. The highest BCUT2D eigenvalue weighted by Crippen LogP contribution is 2.00. The van der Waals surface area contributed by atoms with Crippen molar-refractivity contribution in [2.75, 3.05) is 45.9 Å². The Labute approximate surface area is 115 Å². The first kappa shape index (κ1) is 14.1. The fourth-order valence-corrected chi connectivity index (χ4v) is 2.00. The van der Waals surface area contributed by atoms with Gasteiger partial charge in [0.25, 0.3) is 0 Å². The van der Waals surface area contributed by atoms with Crippen molar-refractivity contribution in [2.45, 2.75) is 6.92 Å². The van der Waals surface area contributed by atoms with E-state index in [1.807, 2.05) is 0 Å². The van der Waals surface area contributed by atoms with Crippen LogP contribution in [-0.4, -0.2) is 50.8 Å². The molecule has 1 aliphatic heterocycles. The zero-order chi connectivity index (χ0) is 13.3. The topological polar surface area (TPSA) is 24.5 Å². The summed E-state index contributed by atoms with van der Waals surface area (Å²) < 4.78 is 5.32. The number of hydrogen-bond donors (Lipinski definition) is 1. The number of morpholine rings is 1. The first-order valence-corrected chi connectivity index (χ1v) is 6.91. The van der Waals surface area contributed by atoms with Crippen molar-refractivity contribution in [3.63, 3.8) is 0 Å². The van der Waals surface area contributed by atoms with Gasteiger partial charge >= 0.3 is 0 Å². The molecule has 0 bridgehead atoms. The molecule has 0 atom stereocenters. The molecule has 0 aliphatic carbocycles. The highest BCUT2D eigenvalue weighted by Gasteiger charge is 2.08. The highest BCUT2D eigenvalue weighted by molar-refractivity contribution is 5.35. The third kappa shape index (κ3) is 5.44. The van der Waals surface area contributed by atoms with E-state index in [4.69, 9.17) is 4.74 Å². The molecule has 0 radical (unpaired) electrons. The van der Waals surface area contributed by atoms with E-state index >= 15 is 0 Å². The lowest BCUT2D eigenvalue weighted by Crippen LogP contribution is -2.40. The van der Waals surface area contributed by atoms with E-state index in [9.17, 15) is 0 Å². The van der Waals surface area contributed by atoms with Gasteiger partial charge in [-0.3, -0.25) is 4.90 Å². The van der Waals surface area contributed by atoms with Crippen LogP contribution in [0.4, 0.5) is 0 Å². The van der Waals surface area contributed by atoms with E-state index in [1.165, 1.54) is 5.56 Å². The Kier molecular flexibility index (Phi) is 5.90. The van der Waals surface area contributed by atoms with Crippen LogP contribution in [0.25, 0.3) is 0 Å². The van der Waals surface area contributed by atoms with Crippen LogP contribution in [-0.2, 0) is 4.74 Å². The van der Waals surface area contributed by atoms with Gasteiger partial charge in [0.05, 0.1) is 19.8 Å². The third-order valence-corrected chi connectivity index (χ3v) is 3.21. The summed E-state index contributed by atoms with van der Waals surface area (Å²) in [5, 5.41) is 3.36. The number of benzene rings is 1. The van der Waals surface area contributed by atoms with Crippen LogP contribution >= 0.6 is 0 Å². The smallest absolute Gasteiger partial charge is 0.0594 e. The Morgan fingerprint density at radius 2 is 1.95 bits per heavy atom. The fraction of sp³-hybridized carbons (Fsp3) is 0.500. The maximum Gasteiger partial charge on any atom is 0.0594 e. The molecule has 1 aromatic carbocycles. The Balaban J connectivity index is 1.60. The molecular weight excluding hydrogens is 236 g/mol. The van der Waals surface area contributed by atoms with Gasteiger partial charge < -0.3 is 10.1 Å². The molecule has 102 valence electrons. The minimum Gasteiger partial charge on any atom is -0.379 e. The molecule has 3 nitrogen and oxygen atoms in total. The molecule has 1 N–H and O–H groups in total.